The van der Waals surface area contributed by atoms with Crippen LogP contribution < -0.4 is 10.9 Å². The summed E-state index contributed by atoms with van der Waals surface area (Å²) in [5.74, 6) is 0.517. The number of nitrogens with zero attached hydrogens (tertiary/aromatic N) is 6. The first-order valence-corrected chi connectivity index (χ1v) is 13.4. The fourth-order valence-electron chi connectivity index (χ4n) is 5.30. The molecule has 2 fully saturated rings. The molecule has 0 saturated carbocycles. The number of likely N-dealkylation sites (tertiary alicyclic amines) is 1. The number of benzene rings is 1. The minimum atomic E-state index is -0.0918. The zero-order valence-electron chi connectivity index (χ0n) is 21.5. The Hall–Kier alpha value is -3.40. The molecule has 3 aromatic heterocycles. The van der Waals surface area contributed by atoms with Crippen LogP contribution in [0, 0.1) is 6.92 Å². The number of fused-ring (bicyclic) bond motifs is 1. The highest BCUT2D eigenvalue weighted by Gasteiger charge is 2.25. The molecule has 5 heterocycles. The molecule has 1 aromatic carbocycles. The maximum atomic E-state index is 14.1. The molecule has 9 nitrogen and oxygen atoms in total. The fourth-order valence-corrected chi connectivity index (χ4v) is 5.58. The topological polar surface area (TPSA) is 98.1 Å². The van der Waals surface area contributed by atoms with Crippen molar-refractivity contribution in [1.82, 2.24) is 29.4 Å². The van der Waals surface area contributed by atoms with Crippen molar-refractivity contribution >= 4 is 28.6 Å². The summed E-state index contributed by atoms with van der Waals surface area (Å²) in [5, 5.41) is 4.65. The van der Waals surface area contributed by atoms with Crippen molar-refractivity contribution in [3.05, 3.63) is 63.9 Å². The lowest BCUT2D eigenvalue weighted by molar-refractivity contribution is 0.195. The predicted octanol–water partition coefficient (Wildman–Crippen LogP) is 4.34. The number of nitrogens with one attached hydrogen (secondary N) is 1. The van der Waals surface area contributed by atoms with Crippen LogP contribution >= 0.6 is 11.6 Å². The zero-order chi connectivity index (χ0) is 26.2. The molecule has 0 aliphatic carbocycles. The molecule has 0 spiro atoms. The molecule has 0 unspecified atom stereocenters. The molecular weight excluding hydrogens is 502 g/mol. The van der Waals surface area contributed by atoms with E-state index in [-0.39, 0.29) is 17.6 Å². The summed E-state index contributed by atoms with van der Waals surface area (Å²) >= 11 is 6.80. The second-order valence-electron chi connectivity index (χ2n) is 10.2. The van der Waals surface area contributed by atoms with E-state index in [1.54, 1.807) is 18.6 Å². The van der Waals surface area contributed by atoms with E-state index < -0.39 is 0 Å². The quantitative estimate of drug-likeness (QED) is 0.406. The summed E-state index contributed by atoms with van der Waals surface area (Å²) in [7, 11) is 2.11. The molecule has 38 heavy (non-hydrogen) atoms. The third-order valence-electron chi connectivity index (χ3n) is 7.40. The highest BCUT2D eigenvalue weighted by atomic mass is 35.5. The first-order chi connectivity index (χ1) is 18.5. The van der Waals surface area contributed by atoms with Gasteiger partial charge in [0, 0.05) is 52.1 Å². The molecule has 10 heteroatoms. The Balaban J connectivity index is 1.46. The number of ether oxygens (including phenoxy) is 1. The van der Waals surface area contributed by atoms with E-state index in [0.29, 0.717) is 34.4 Å². The molecule has 1 N–H and O–H groups in total. The summed E-state index contributed by atoms with van der Waals surface area (Å²) in [6.45, 7) is 5.10. The van der Waals surface area contributed by atoms with E-state index in [1.807, 2.05) is 35.8 Å². The minimum Gasteiger partial charge on any atom is -0.379 e. The number of anilines is 1. The van der Waals surface area contributed by atoms with Crippen molar-refractivity contribution in [2.75, 3.05) is 38.7 Å². The molecular formula is C28H30ClN7O2. The van der Waals surface area contributed by atoms with Gasteiger partial charge in [0.2, 0.25) is 5.95 Å². The van der Waals surface area contributed by atoms with Crippen LogP contribution in [0.2, 0.25) is 5.02 Å². The lowest BCUT2D eigenvalue weighted by Gasteiger charge is -2.31. The summed E-state index contributed by atoms with van der Waals surface area (Å²) in [6.07, 6.45) is 7.87. The number of aryl methyl sites for hydroxylation is 1. The van der Waals surface area contributed by atoms with Crippen LogP contribution in [0.25, 0.3) is 33.4 Å². The summed E-state index contributed by atoms with van der Waals surface area (Å²) < 4.78 is 7.35. The number of pyridine rings is 1. The van der Waals surface area contributed by atoms with Crippen LogP contribution in [0.5, 0.6) is 0 Å². The van der Waals surface area contributed by atoms with Gasteiger partial charge >= 0.3 is 0 Å². The fraction of sp³-hybridized carbons (Fsp3) is 0.393. The Kier molecular flexibility index (Phi) is 6.82. The Bertz CT molecular complexity index is 1540. The molecule has 2 saturated heterocycles. The van der Waals surface area contributed by atoms with Gasteiger partial charge in [0.05, 0.1) is 30.2 Å². The van der Waals surface area contributed by atoms with E-state index >= 15 is 0 Å². The molecule has 0 bridgehead atoms. The molecule has 6 rings (SSSR count). The largest absolute Gasteiger partial charge is 0.379 e. The highest BCUT2D eigenvalue weighted by Crippen LogP contribution is 2.33. The van der Waals surface area contributed by atoms with Crippen LogP contribution in [0.15, 0.2) is 47.7 Å². The van der Waals surface area contributed by atoms with Crippen LogP contribution in [-0.2, 0) is 4.74 Å². The van der Waals surface area contributed by atoms with E-state index in [9.17, 15) is 4.79 Å². The van der Waals surface area contributed by atoms with Crippen molar-refractivity contribution in [2.45, 2.75) is 38.3 Å². The van der Waals surface area contributed by atoms with Crippen molar-refractivity contribution in [1.29, 1.82) is 0 Å². The number of halogens is 1. The van der Waals surface area contributed by atoms with E-state index in [2.05, 4.69) is 32.2 Å². The molecule has 2 aliphatic rings. The number of piperidine rings is 1. The first-order valence-electron chi connectivity index (χ1n) is 13.0. The Morgan fingerprint density at radius 1 is 1.05 bits per heavy atom. The van der Waals surface area contributed by atoms with Crippen LogP contribution in [0.4, 0.5) is 5.95 Å². The minimum absolute atomic E-state index is 0.0410. The Labute approximate surface area is 225 Å². The van der Waals surface area contributed by atoms with Gasteiger partial charge in [-0.25, -0.2) is 9.97 Å². The molecule has 0 amide bonds. The first kappa shape index (κ1) is 24.9. The smallest absolute Gasteiger partial charge is 0.260 e. The third-order valence-corrected chi connectivity index (χ3v) is 7.71. The second-order valence-corrected chi connectivity index (χ2v) is 10.6. The number of aromatic nitrogens is 5. The average molecular weight is 532 g/mol. The van der Waals surface area contributed by atoms with Crippen LogP contribution in [0.1, 0.15) is 31.0 Å². The number of rotatable bonds is 5. The molecule has 4 aromatic rings. The normalized spacial score (nSPS) is 18.8. The van der Waals surface area contributed by atoms with Crippen molar-refractivity contribution in [3.63, 3.8) is 0 Å². The summed E-state index contributed by atoms with van der Waals surface area (Å²) in [5.41, 5.74) is 4.18. The van der Waals surface area contributed by atoms with E-state index in [1.165, 1.54) is 0 Å². The Morgan fingerprint density at radius 3 is 2.63 bits per heavy atom. The standard InChI is InChI=1S/C28H30ClN7O2/c1-17-13-30-15-25(32-17)18-3-4-22(24(29)12-18)23-11-19-14-31-28(33-20-7-10-38-16-20)34-26(19)36(27(23)37)21-5-8-35(2)9-6-21/h3-4,11-15,20-21H,5-10,16H2,1-2H3,(H,31,33,34)/t20-/m0/s1. The van der Waals surface area contributed by atoms with Crippen molar-refractivity contribution in [3.8, 4) is 22.4 Å². The predicted molar refractivity (Wildman–Crippen MR) is 149 cm³/mol. The average Bonchev–Trinajstić information content (AvgIpc) is 3.42. The van der Waals surface area contributed by atoms with E-state index in [4.69, 9.17) is 21.3 Å². The van der Waals surface area contributed by atoms with Gasteiger partial charge in [-0.3, -0.25) is 14.3 Å². The molecule has 2 aliphatic heterocycles. The molecule has 1 atom stereocenters. The number of hydrogen-bond donors (Lipinski definition) is 1. The maximum Gasteiger partial charge on any atom is 0.260 e. The summed E-state index contributed by atoms with van der Waals surface area (Å²) in [4.78, 5) is 34.6. The zero-order valence-corrected chi connectivity index (χ0v) is 22.3. The van der Waals surface area contributed by atoms with Crippen LogP contribution in [-0.4, -0.2) is 68.8 Å². The Morgan fingerprint density at radius 2 is 1.89 bits per heavy atom. The monoisotopic (exact) mass is 531 g/mol. The maximum absolute atomic E-state index is 14.1. The molecule has 0 radical (unpaired) electrons. The van der Waals surface area contributed by atoms with Crippen molar-refractivity contribution in [2.24, 2.45) is 0 Å². The summed E-state index contributed by atoms with van der Waals surface area (Å²) in [6, 6.07) is 7.74. The van der Waals surface area contributed by atoms with E-state index in [0.717, 1.165) is 61.3 Å². The highest BCUT2D eigenvalue weighted by molar-refractivity contribution is 6.33. The number of hydrogen-bond acceptors (Lipinski definition) is 8. The van der Waals surface area contributed by atoms with Gasteiger partial charge in [-0.2, -0.15) is 4.98 Å². The second kappa shape index (κ2) is 10.4. The van der Waals surface area contributed by atoms with Gasteiger partial charge in [0.1, 0.15) is 5.65 Å². The lowest BCUT2D eigenvalue weighted by Crippen LogP contribution is -2.36. The van der Waals surface area contributed by atoms with Crippen molar-refractivity contribution < 1.29 is 4.74 Å². The molecule has 196 valence electrons. The van der Waals surface area contributed by atoms with Gasteiger partial charge in [-0.15, -0.1) is 0 Å². The van der Waals surface area contributed by atoms with Gasteiger partial charge in [-0.05, 0) is 58.5 Å². The van der Waals surface area contributed by atoms with Gasteiger partial charge in [-0.1, -0.05) is 23.7 Å². The van der Waals surface area contributed by atoms with Gasteiger partial charge in [0.25, 0.3) is 5.56 Å². The lowest BCUT2D eigenvalue weighted by atomic mass is 10.0. The van der Waals surface area contributed by atoms with Gasteiger partial charge < -0.3 is 15.0 Å². The van der Waals surface area contributed by atoms with Crippen LogP contribution in [0.3, 0.4) is 0 Å². The third kappa shape index (κ3) is 4.89. The SMILES string of the molecule is Cc1cncc(-c2ccc(-c3cc4cnc(N[C@H]5CCOC5)nc4n(C4CCN(C)CC4)c3=O)c(Cl)c2)n1. The van der Waals surface area contributed by atoms with Gasteiger partial charge in [0.15, 0.2) is 0 Å².